The minimum absolute atomic E-state index is 0.0137. The number of amides is 18. The summed E-state index contributed by atoms with van der Waals surface area (Å²) in [5, 5.41) is 120. The van der Waals surface area contributed by atoms with Gasteiger partial charge in [0.2, 0.25) is 106 Å². The Balaban J connectivity index is 1.47. The summed E-state index contributed by atoms with van der Waals surface area (Å²) in [6, 6.07) is -5.69. The summed E-state index contributed by atoms with van der Waals surface area (Å²) >= 11 is 0. The normalized spacial score (nSPS) is 16.5. The molecule has 3 aromatic rings. The molecule has 1 aliphatic rings. The number of aliphatic hydroxyl groups excluding tert-OH is 6. The van der Waals surface area contributed by atoms with Gasteiger partial charge in [-0.05, 0) is 120 Å². The van der Waals surface area contributed by atoms with Gasteiger partial charge < -0.3 is 148 Å². The minimum Gasteiger partial charge on any atom is -0.508 e. The van der Waals surface area contributed by atoms with Gasteiger partial charge in [-0.1, -0.05) is 100 Å². The van der Waals surface area contributed by atoms with Crippen LogP contribution in [-0.4, -0.2) is 319 Å². The van der Waals surface area contributed by atoms with Crippen LogP contribution in [-0.2, 0) is 110 Å². The van der Waals surface area contributed by atoms with Gasteiger partial charge in [-0.3, -0.25) is 91.1 Å². The molecule has 47 heteroatoms. The number of unbranched alkanes of at least 4 members (excludes halogenated alkanes) is 1. The third-order valence-electron chi connectivity index (χ3n) is 20.6. The lowest BCUT2D eigenvalue weighted by Crippen LogP contribution is -2.62. The van der Waals surface area contributed by atoms with Crippen LogP contribution in [0.15, 0.2) is 84.9 Å². The Labute approximate surface area is 755 Å². The number of likely N-dealkylation sites (tertiary alicyclic amines) is 1. The zero-order valence-corrected chi connectivity index (χ0v) is 74.2. The molecule has 47 nitrogen and oxygen atoms in total. The van der Waals surface area contributed by atoms with E-state index >= 15 is 0 Å². The van der Waals surface area contributed by atoms with Crippen molar-refractivity contribution in [3.05, 3.63) is 102 Å². The maximum atomic E-state index is 15.0. The number of aliphatic carboxylic acids is 1. The monoisotopic (exact) mass is 1850 g/mol. The van der Waals surface area contributed by atoms with Crippen molar-refractivity contribution < 1.29 is 132 Å². The number of benzene rings is 3. The van der Waals surface area contributed by atoms with Crippen LogP contribution in [0.1, 0.15) is 124 Å². The number of carboxylic acids is 1. The number of primary amides is 1. The molecule has 18 amide bonds. The Hall–Kier alpha value is -12.9. The molecule has 0 aromatic heterocycles. The van der Waals surface area contributed by atoms with Crippen LogP contribution in [0.4, 0.5) is 0 Å². The van der Waals surface area contributed by atoms with E-state index in [2.05, 4.69) is 85.1 Å². The van der Waals surface area contributed by atoms with Crippen molar-refractivity contribution in [2.75, 3.05) is 46.1 Å². The van der Waals surface area contributed by atoms with Crippen molar-refractivity contribution in [3.63, 3.8) is 0 Å². The molecular weight excluding hydrogens is 1720 g/mol. The zero-order chi connectivity index (χ0) is 98.2. The smallest absolute Gasteiger partial charge is 0.325 e. The number of nitrogens with two attached hydrogens (primary N) is 3. The summed E-state index contributed by atoms with van der Waals surface area (Å²) < 4.78 is 0. The van der Waals surface area contributed by atoms with Gasteiger partial charge >= 0.3 is 5.97 Å². The van der Waals surface area contributed by atoms with Crippen LogP contribution >= 0.6 is 0 Å². The van der Waals surface area contributed by atoms with Crippen LogP contribution in [0.2, 0.25) is 0 Å². The number of hydrogen-bond donors (Lipinski definition) is 27. The largest absolute Gasteiger partial charge is 0.508 e. The van der Waals surface area contributed by atoms with Gasteiger partial charge in [0.25, 0.3) is 0 Å². The average molecular weight is 1850 g/mol. The van der Waals surface area contributed by atoms with Crippen molar-refractivity contribution in [1.29, 1.82) is 0 Å². The van der Waals surface area contributed by atoms with Crippen LogP contribution in [0.3, 0.4) is 0 Å². The van der Waals surface area contributed by atoms with Crippen molar-refractivity contribution in [1.82, 2.24) is 90.0 Å². The molecule has 1 heterocycles. The Morgan fingerprint density at radius 1 is 0.412 bits per heavy atom. The first kappa shape index (κ1) is 110. The van der Waals surface area contributed by atoms with E-state index in [4.69, 9.17) is 22.3 Å². The second kappa shape index (κ2) is 55.2. The number of nitrogens with one attached hydrogen (secondary N) is 16. The third kappa shape index (κ3) is 36.9. The molecule has 1 aliphatic heterocycles. The number of phenols is 1. The molecular formula is C84H126N20O27. The van der Waals surface area contributed by atoms with Crippen molar-refractivity contribution in [3.8, 4) is 5.75 Å². The van der Waals surface area contributed by atoms with Crippen molar-refractivity contribution in [2.24, 2.45) is 29.0 Å². The molecule has 131 heavy (non-hydrogen) atoms. The second-order valence-corrected chi connectivity index (χ2v) is 32.4. The standard InChI is InChI=1S/C84H126N20O27/c1-41(2)31-54(94-82(128)67(47(9)110)103-70(116)52(86)35-63(87)112)73(119)93-56(33-49-21-14-11-15-22-49)74(120)98-59(38-106)75(121)92-53(23-16-17-29-85)71(117)96-57(34-50-25-27-51(111)28-26-50)83(129)104-30-18-24-62(104)79(125)91-43(5)68(114)97-58(37-105)76(122)99-60(39-107)77(123)100-61(40-108)78(124)101-65(42(3)4)81(127)95-55(32-48-19-12-10-13-20-48)72(118)90-44(6)69(115)102-66(46(8)109)80(126)88-36-64(113)89-45(7)84(130)131/h10-15,19-22,25-28,41-47,52-62,65-67,105-111H,16-18,23-24,29-40,85-86H2,1-9H3,(H2,87,112)(H,88,126)(H,89,113)(H,90,118)(H,91,125)(H,92,121)(H,93,119)(H,94,128)(H,95,127)(H,96,117)(H,97,114)(H,98,120)(H,99,122)(H,100,123)(H,101,124)(H,102,115)(H,103,116)(H,130,131)/t43-,44-,45-,46+,47+,52-,53-,54-,55-,56-,57-,58-,59-,60-,61-,62-,65-,66-,67-/m0/s1. The lowest BCUT2D eigenvalue weighted by Gasteiger charge is -2.31. The SMILES string of the molecule is CC(C)C[C@H](NC(=O)[C@@H](NC(=O)[C@@H](N)CC(N)=O)[C@@H](C)O)C(=O)N[C@@H](Cc1ccccc1)C(=O)N[C@@H](CO)C(=O)N[C@@H](CCCCN)C(=O)N[C@@H](Cc1ccc(O)cc1)C(=O)N1CCC[C@H]1C(=O)N[C@@H](C)C(=O)N[C@@H](CO)C(=O)N[C@@H](CO)C(=O)N[C@@H](CO)C(=O)N[C@H](C(=O)N[C@@H](Cc1ccccc1)C(=O)N[C@@H](C)C(=O)N[C@H](C(=O)NCC(=O)N[C@@H](C)C(=O)O)[C@@H](C)O)C(C)C. The summed E-state index contributed by atoms with van der Waals surface area (Å²) in [5.41, 5.74) is 18.1. The fourth-order valence-electron chi connectivity index (χ4n) is 13.2. The molecule has 30 N–H and O–H groups in total. The van der Waals surface area contributed by atoms with Gasteiger partial charge in [0, 0.05) is 25.8 Å². The number of nitrogens with zero attached hydrogens (tertiary/aromatic N) is 1. The summed E-state index contributed by atoms with van der Waals surface area (Å²) in [4.78, 5) is 259. The van der Waals surface area contributed by atoms with Gasteiger partial charge in [-0.2, -0.15) is 0 Å². The molecule has 0 bridgehead atoms. The van der Waals surface area contributed by atoms with Gasteiger partial charge in [0.1, 0.15) is 102 Å². The van der Waals surface area contributed by atoms with Gasteiger partial charge in [0.05, 0.1) is 57.6 Å². The van der Waals surface area contributed by atoms with Crippen LogP contribution in [0, 0.1) is 11.8 Å². The topological polar surface area (TPSA) is 760 Å². The quantitative estimate of drug-likeness (QED) is 0.0233. The van der Waals surface area contributed by atoms with E-state index in [-0.39, 0.29) is 76.1 Å². The maximum Gasteiger partial charge on any atom is 0.325 e. The predicted octanol–water partition coefficient (Wildman–Crippen LogP) is -10.3. The highest BCUT2D eigenvalue weighted by atomic mass is 16.4. The molecule has 19 atom stereocenters. The predicted molar refractivity (Wildman–Crippen MR) is 464 cm³/mol. The van der Waals surface area contributed by atoms with E-state index in [1.165, 1.54) is 65.8 Å². The minimum atomic E-state index is -1.99. The highest BCUT2D eigenvalue weighted by Crippen LogP contribution is 2.22. The number of hydrogen-bond acceptors (Lipinski definition) is 28. The first-order chi connectivity index (χ1) is 61.8. The number of carbonyl (C=O) groups excluding carboxylic acids is 18. The molecule has 0 radical (unpaired) electrons. The summed E-state index contributed by atoms with van der Waals surface area (Å²) in [7, 11) is 0. The number of carboxylic acid groups (broad SMARTS) is 1. The van der Waals surface area contributed by atoms with E-state index in [9.17, 15) is 127 Å². The fourth-order valence-corrected chi connectivity index (χ4v) is 13.2. The van der Waals surface area contributed by atoms with Crippen LogP contribution < -0.4 is 102 Å². The summed E-state index contributed by atoms with van der Waals surface area (Å²) in [6.07, 6.45) is -4.09. The third-order valence-corrected chi connectivity index (χ3v) is 20.6. The zero-order valence-electron chi connectivity index (χ0n) is 74.2. The van der Waals surface area contributed by atoms with Gasteiger partial charge in [0.15, 0.2) is 0 Å². The first-order valence-electron chi connectivity index (χ1n) is 42.5. The Morgan fingerprint density at radius 2 is 0.794 bits per heavy atom. The van der Waals surface area contributed by atoms with E-state index in [1.54, 1.807) is 74.5 Å². The maximum absolute atomic E-state index is 15.0. The first-order valence-corrected chi connectivity index (χ1v) is 42.5. The second-order valence-electron chi connectivity index (χ2n) is 32.4. The van der Waals surface area contributed by atoms with Crippen LogP contribution in [0.5, 0.6) is 5.75 Å². The molecule has 4 rings (SSSR count). The molecule has 0 aliphatic carbocycles. The van der Waals surface area contributed by atoms with Crippen LogP contribution in [0.25, 0.3) is 0 Å². The summed E-state index contributed by atoms with van der Waals surface area (Å²) in [6.45, 7) is 6.86. The molecule has 1 saturated heterocycles. The van der Waals surface area contributed by atoms with Gasteiger partial charge in [-0.25, -0.2) is 0 Å². The highest BCUT2D eigenvalue weighted by Gasteiger charge is 2.43. The Bertz CT molecular complexity index is 4400. The lowest BCUT2D eigenvalue weighted by molar-refractivity contribution is -0.142. The highest BCUT2D eigenvalue weighted by molar-refractivity contribution is 6.02. The average Bonchev–Trinajstić information content (AvgIpc) is 1.70. The van der Waals surface area contributed by atoms with E-state index in [0.29, 0.717) is 23.1 Å². The molecule has 0 saturated carbocycles. The molecule has 724 valence electrons. The number of carbonyl (C=O) groups is 19. The van der Waals surface area contributed by atoms with Crippen molar-refractivity contribution >= 4 is 112 Å². The molecule has 0 spiro atoms. The van der Waals surface area contributed by atoms with Crippen molar-refractivity contribution in [2.45, 2.75) is 241 Å². The van der Waals surface area contributed by atoms with E-state index in [1.807, 2.05) is 0 Å². The van der Waals surface area contributed by atoms with E-state index < -0.39 is 273 Å². The lowest BCUT2D eigenvalue weighted by atomic mass is 10.00. The molecule has 3 aromatic carbocycles. The fraction of sp³-hybridized carbons (Fsp3) is 0.560. The Kier molecular flexibility index (Phi) is 46.5. The van der Waals surface area contributed by atoms with E-state index in [0.717, 1.165) is 11.8 Å². The number of rotatable bonds is 55. The Morgan fingerprint density at radius 3 is 1.27 bits per heavy atom. The number of phenolic OH excluding ortho intramolecular Hbond substituents is 1. The van der Waals surface area contributed by atoms with Gasteiger partial charge in [-0.15, -0.1) is 0 Å². The number of aromatic hydroxyl groups is 1. The summed E-state index contributed by atoms with van der Waals surface area (Å²) in [5.74, 6) is -21.5. The molecule has 1 fully saturated rings. The molecule has 0 unspecified atom stereocenters. The number of aliphatic hydroxyl groups is 6.